The first kappa shape index (κ1) is 12.0. The number of benzene rings is 1. The molecule has 0 aliphatic carbocycles. The van der Waals surface area contributed by atoms with E-state index in [1.165, 1.54) is 5.56 Å². The van der Waals surface area contributed by atoms with E-state index in [-0.39, 0.29) is 0 Å². The van der Waals surface area contributed by atoms with Gasteiger partial charge in [-0.25, -0.2) is 0 Å². The molecule has 0 heterocycles. The highest BCUT2D eigenvalue weighted by atomic mass is 16.3. The molecule has 3 nitrogen and oxygen atoms in total. The Kier molecular flexibility index (Phi) is 5.15. The van der Waals surface area contributed by atoms with Crippen LogP contribution in [0.5, 0.6) is 5.75 Å². The van der Waals surface area contributed by atoms with Crippen LogP contribution in [0.15, 0.2) is 24.3 Å². The maximum absolute atomic E-state index is 9.14. The number of phenolic OH excluding ortho intramolecular Hbond substituents is 1. The molecule has 0 spiro atoms. The number of hydrogen-bond donors (Lipinski definition) is 2. The third-order valence-corrected chi connectivity index (χ3v) is 2.31. The largest absolute Gasteiger partial charge is 0.508 e. The van der Waals surface area contributed by atoms with E-state index in [2.05, 4.69) is 24.2 Å². The second kappa shape index (κ2) is 6.43. The fourth-order valence-corrected chi connectivity index (χ4v) is 1.44. The zero-order chi connectivity index (χ0) is 11.1. The Hall–Kier alpha value is -1.06. The highest BCUT2D eigenvalue weighted by Crippen LogP contribution is 2.10. The summed E-state index contributed by atoms with van der Waals surface area (Å²) in [6, 6.07) is 7.37. The van der Waals surface area contributed by atoms with E-state index in [4.69, 9.17) is 5.11 Å². The highest BCUT2D eigenvalue weighted by Gasteiger charge is 1.99. The van der Waals surface area contributed by atoms with Crippen LogP contribution in [0.25, 0.3) is 0 Å². The molecule has 0 atom stereocenters. The van der Waals surface area contributed by atoms with Crippen LogP contribution in [0.4, 0.5) is 0 Å². The number of phenols is 1. The molecule has 1 aromatic carbocycles. The van der Waals surface area contributed by atoms with E-state index in [0.29, 0.717) is 5.75 Å². The van der Waals surface area contributed by atoms with Crippen LogP contribution in [-0.2, 0) is 6.54 Å². The lowest BCUT2D eigenvalue weighted by molar-refractivity contribution is 0.325. The summed E-state index contributed by atoms with van der Waals surface area (Å²) in [5.41, 5.74) is 1.23. The molecule has 0 saturated heterocycles. The second-order valence-electron chi connectivity index (χ2n) is 3.76. The molecule has 84 valence electrons. The quantitative estimate of drug-likeness (QED) is 0.694. The molecule has 0 saturated carbocycles. The van der Waals surface area contributed by atoms with E-state index >= 15 is 0 Å². The van der Waals surface area contributed by atoms with Crippen LogP contribution in [0.3, 0.4) is 0 Å². The van der Waals surface area contributed by atoms with E-state index in [9.17, 15) is 0 Å². The molecular weight excluding hydrogens is 188 g/mol. The summed E-state index contributed by atoms with van der Waals surface area (Å²) in [5, 5.41) is 12.4. The van der Waals surface area contributed by atoms with Gasteiger partial charge in [0.2, 0.25) is 0 Å². The summed E-state index contributed by atoms with van der Waals surface area (Å²) in [4.78, 5) is 2.26. The average molecular weight is 208 g/mol. The minimum atomic E-state index is 0.328. The van der Waals surface area contributed by atoms with Crippen LogP contribution < -0.4 is 5.32 Å². The lowest BCUT2D eigenvalue weighted by Crippen LogP contribution is -2.28. The van der Waals surface area contributed by atoms with Crippen molar-refractivity contribution >= 4 is 0 Å². The minimum absolute atomic E-state index is 0.328. The van der Waals surface area contributed by atoms with Crippen molar-refractivity contribution in [3.05, 3.63) is 29.8 Å². The summed E-state index contributed by atoms with van der Waals surface area (Å²) in [7, 11) is 2.10. The predicted molar refractivity (Wildman–Crippen MR) is 63.0 cm³/mol. The molecule has 0 amide bonds. The number of nitrogens with one attached hydrogen (secondary N) is 1. The predicted octanol–water partition coefficient (Wildman–Crippen LogP) is 1.43. The zero-order valence-electron chi connectivity index (χ0n) is 9.53. The van der Waals surface area contributed by atoms with Gasteiger partial charge in [0, 0.05) is 19.6 Å². The number of hydrogen-bond acceptors (Lipinski definition) is 3. The number of nitrogens with zero attached hydrogens (tertiary/aromatic N) is 1. The van der Waals surface area contributed by atoms with Crippen molar-refractivity contribution < 1.29 is 5.11 Å². The maximum atomic E-state index is 9.14. The van der Waals surface area contributed by atoms with Gasteiger partial charge in [0.15, 0.2) is 0 Å². The number of likely N-dealkylation sites (N-methyl/N-ethyl adjacent to an activating group) is 2. The fourth-order valence-electron chi connectivity index (χ4n) is 1.44. The summed E-state index contributed by atoms with van der Waals surface area (Å²) < 4.78 is 0. The molecule has 0 bridgehead atoms. The Bertz CT molecular complexity index is 271. The van der Waals surface area contributed by atoms with Crippen molar-refractivity contribution in [2.75, 3.05) is 26.7 Å². The third-order valence-electron chi connectivity index (χ3n) is 2.31. The molecule has 1 aromatic rings. The minimum Gasteiger partial charge on any atom is -0.508 e. The summed E-state index contributed by atoms with van der Waals surface area (Å²) >= 11 is 0. The van der Waals surface area contributed by atoms with Crippen molar-refractivity contribution in [1.29, 1.82) is 0 Å². The van der Waals surface area contributed by atoms with Crippen LogP contribution >= 0.6 is 0 Å². The van der Waals surface area contributed by atoms with Gasteiger partial charge in [0.1, 0.15) is 5.75 Å². The fraction of sp³-hybridized carbons (Fsp3) is 0.500. The lowest BCUT2D eigenvalue weighted by Gasteiger charge is -2.16. The molecule has 0 aliphatic heterocycles. The topological polar surface area (TPSA) is 35.5 Å². The summed E-state index contributed by atoms with van der Waals surface area (Å²) in [6.45, 7) is 6.11. The van der Waals surface area contributed by atoms with E-state index in [1.807, 2.05) is 12.1 Å². The summed E-state index contributed by atoms with van der Waals surface area (Å²) in [5.74, 6) is 0.328. The first-order chi connectivity index (χ1) is 7.22. The van der Waals surface area contributed by atoms with Crippen LogP contribution in [0, 0.1) is 0 Å². The van der Waals surface area contributed by atoms with Gasteiger partial charge in [0.05, 0.1) is 0 Å². The molecule has 3 heteroatoms. The van der Waals surface area contributed by atoms with Gasteiger partial charge in [-0.05, 0) is 31.3 Å². The molecule has 0 fully saturated rings. The molecule has 0 radical (unpaired) electrons. The van der Waals surface area contributed by atoms with Crippen LogP contribution in [0.1, 0.15) is 12.5 Å². The molecule has 2 N–H and O–H groups in total. The second-order valence-corrected chi connectivity index (χ2v) is 3.76. The number of rotatable bonds is 6. The third kappa shape index (κ3) is 4.81. The Morgan fingerprint density at radius 2 is 1.93 bits per heavy atom. The lowest BCUT2D eigenvalue weighted by atomic mass is 10.2. The van der Waals surface area contributed by atoms with Crippen LogP contribution in [-0.4, -0.2) is 36.7 Å². The highest BCUT2D eigenvalue weighted by molar-refractivity contribution is 5.25. The monoisotopic (exact) mass is 208 g/mol. The number of aromatic hydroxyl groups is 1. The zero-order valence-corrected chi connectivity index (χ0v) is 9.53. The summed E-state index contributed by atoms with van der Waals surface area (Å²) in [6.07, 6.45) is 0. The van der Waals surface area contributed by atoms with Gasteiger partial charge in [-0.3, -0.25) is 0 Å². The standard InChI is InChI=1S/C12H20N2O/c1-3-13-8-9-14(2)10-11-4-6-12(15)7-5-11/h4-7,13,15H,3,8-10H2,1-2H3. The van der Waals surface area contributed by atoms with E-state index in [0.717, 1.165) is 26.2 Å². The Morgan fingerprint density at radius 1 is 1.27 bits per heavy atom. The van der Waals surface area contributed by atoms with Crippen molar-refractivity contribution in [3.63, 3.8) is 0 Å². The van der Waals surface area contributed by atoms with Gasteiger partial charge in [0.25, 0.3) is 0 Å². The molecular formula is C12H20N2O. The van der Waals surface area contributed by atoms with E-state index in [1.54, 1.807) is 12.1 Å². The SMILES string of the molecule is CCNCCN(C)Cc1ccc(O)cc1. The Balaban J connectivity index is 2.31. The normalized spacial score (nSPS) is 10.9. The Morgan fingerprint density at radius 3 is 2.53 bits per heavy atom. The Labute approximate surface area is 91.7 Å². The molecule has 15 heavy (non-hydrogen) atoms. The first-order valence-corrected chi connectivity index (χ1v) is 5.39. The molecule has 0 aromatic heterocycles. The molecule has 0 aliphatic rings. The van der Waals surface area contributed by atoms with Gasteiger partial charge < -0.3 is 15.3 Å². The van der Waals surface area contributed by atoms with Crippen molar-refractivity contribution in [2.45, 2.75) is 13.5 Å². The van der Waals surface area contributed by atoms with Crippen molar-refractivity contribution in [1.82, 2.24) is 10.2 Å². The van der Waals surface area contributed by atoms with Crippen molar-refractivity contribution in [3.8, 4) is 5.75 Å². The molecule has 1 rings (SSSR count). The molecule has 0 unspecified atom stereocenters. The van der Waals surface area contributed by atoms with Gasteiger partial charge in [-0.2, -0.15) is 0 Å². The smallest absolute Gasteiger partial charge is 0.115 e. The van der Waals surface area contributed by atoms with Gasteiger partial charge >= 0.3 is 0 Å². The van der Waals surface area contributed by atoms with Crippen molar-refractivity contribution in [2.24, 2.45) is 0 Å². The van der Waals surface area contributed by atoms with Gasteiger partial charge in [-0.15, -0.1) is 0 Å². The first-order valence-electron chi connectivity index (χ1n) is 5.39. The van der Waals surface area contributed by atoms with E-state index < -0.39 is 0 Å². The van der Waals surface area contributed by atoms with Gasteiger partial charge in [-0.1, -0.05) is 19.1 Å². The average Bonchev–Trinajstić information content (AvgIpc) is 2.22. The maximum Gasteiger partial charge on any atom is 0.115 e. The van der Waals surface area contributed by atoms with Crippen LogP contribution in [0.2, 0.25) is 0 Å².